The van der Waals surface area contributed by atoms with Gasteiger partial charge in [0.1, 0.15) is 0 Å². The van der Waals surface area contributed by atoms with Crippen LogP contribution in [0.2, 0.25) is 0 Å². The highest BCUT2D eigenvalue weighted by atomic mass is 127. The maximum absolute atomic E-state index is 13.3. The fourth-order valence-corrected chi connectivity index (χ4v) is 6.01. The molecule has 0 saturated carbocycles. The van der Waals surface area contributed by atoms with E-state index in [1.807, 2.05) is 36.4 Å². The number of carboxylic acids is 1. The van der Waals surface area contributed by atoms with Crippen LogP contribution in [0.5, 0.6) is 0 Å². The molecule has 1 unspecified atom stereocenters. The van der Waals surface area contributed by atoms with Gasteiger partial charge in [-0.15, -0.1) is 0 Å². The Morgan fingerprint density at radius 3 is 2.53 bits per heavy atom. The quantitative estimate of drug-likeness (QED) is 0.359. The minimum atomic E-state index is -3.64. The molecule has 30 heavy (non-hydrogen) atoms. The molecule has 0 fully saturated rings. The van der Waals surface area contributed by atoms with E-state index in [-0.39, 0.29) is 12.5 Å². The number of para-hydroxylation sites is 1. The van der Waals surface area contributed by atoms with Gasteiger partial charge in [-0.2, -0.15) is 0 Å². The van der Waals surface area contributed by atoms with E-state index in [4.69, 9.17) is 5.11 Å². The summed E-state index contributed by atoms with van der Waals surface area (Å²) < 4.78 is 28.8. The van der Waals surface area contributed by atoms with Crippen molar-refractivity contribution < 1.29 is 18.3 Å². The molecule has 0 bridgehead atoms. The zero-order valence-corrected chi connectivity index (χ0v) is 19.9. The Bertz CT molecular complexity index is 1010. The Morgan fingerprint density at radius 2 is 1.77 bits per heavy atom. The summed E-state index contributed by atoms with van der Waals surface area (Å²) in [5.74, 6) is -0.739. The maximum atomic E-state index is 13.3. The highest BCUT2D eigenvalue weighted by Gasteiger charge is 2.34. The largest absolute Gasteiger partial charge is 0.481 e. The third-order valence-corrected chi connectivity index (χ3v) is 7.93. The number of carboxylic acid groups (broad SMARTS) is 1. The number of carbonyl (C=O) groups is 1. The van der Waals surface area contributed by atoms with Crippen LogP contribution in [0, 0.1) is 3.57 Å². The second kappa shape index (κ2) is 10.1. The molecule has 3 rings (SSSR count). The van der Waals surface area contributed by atoms with Gasteiger partial charge in [-0.25, -0.2) is 8.42 Å². The van der Waals surface area contributed by atoms with E-state index in [1.54, 1.807) is 13.1 Å². The first-order valence-corrected chi connectivity index (χ1v) is 12.7. The van der Waals surface area contributed by atoms with Crippen LogP contribution in [-0.4, -0.2) is 33.1 Å². The van der Waals surface area contributed by atoms with Gasteiger partial charge in [0.2, 0.25) is 0 Å². The minimum absolute atomic E-state index is 0.208. The predicted molar refractivity (Wildman–Crippen MR) is 126 cm³/mol. The average molecular weight is 542 g/mol. The SMILES string of the molecule is CN1c2ccccc2C(NCCCCCCCC(=O)O)c2ccc(I)cc2S1(=O)=O. The first-order valence-electron chi connectivity index (χ1n) is 10.1. The Kier molecular flexibility index (Phi) is 7.75. The number of unbranched alkanes of at least 4 members (excludes halogenated alkanes) is 4. The van der Waals surface area contributed by atoms with E-state index in [2.05, 4.69) is 27.9 Å². The van der Waals surface area contributed by atoms with Crippen LogP contribution in [0.1, 0.15) is 55.7 Å². The van der Waals surface area contributed by atoms with Crippen molar-refractivity contribution in [1.82, 2.24) is 5.32 Å². The van der Waals surface area contributed by atoms with Crippen LogP contribution in [0.25, 0.3) is 0 Å². The summed E-state index contributed by atoms with van der Waals surface area (Å²) in [5, 5.41) is 12.3. The van der Waals surface area contributed by atoms with Gasteiger partial charge < -0.3 is 10.4 Å². The van der Waals surface area contributed by atoms with E-state index in [0.717, 1.165) is 53.3 Å². The minimum Gasteiger partial charge on any atom is -0.481 e. The summed E-state index contributed by atoms with van der Waals surface area (Å²) in [6, 6.07) is 13.0. The Morgan fingerprint density at radius 1 is 1.07 bits per heavy atom. The summed E-state index contributed by atoms with van der Waals surface area (Å²) >= 11 is 2.14. The van der Waals surface area contributed by atoms with Gasteiger partial charge in [-0.3, -0.25) is 9.10 Å². The lowest BCUT2D eigenvalue weighted by atomic mass is 9.96. The molecule has 6 nitrogen and oxygen atoms in total. The number of halogens is 1. The predicted octanol–water partition coefficient (Wildman–Crippen LogP) is 4.53. The van der Waals surface area contributed by atoms with Gasteiger partial charge >= 0.3 is 5.97 Å². The zero-order chi connectivity index (χ0) is 21.7. The lowest BCUT2D eigenvalue weighted by Crippen LogP contribution is -2.26. The fraction of sp³-hybridized carbons (Fsp3) is 0.409. The molecule has 0 aliphatic carbocycles. The summed E-state index contributed by atoms with van der Waals surface area (Å²) in [4.78, 5) is 10.9. The molecule has 1 heterocycles. The lowest BCUT2D eigenvalue weighted by Gasteiger charge is -2.22. The summed E-state index contributed by atoms with van der Waals surface area (Å²) in [5.41, 5.74) is 2.41. The van der Waals surface area contributed by atoms with Crippen LogP contribution in [0.15, 0.2) is 47.4 Å². The number of anilines is 1. The number of aliphatic carboxylic acids is 1. The van der Waals surface area contributed by atoms with Gasteiger partial charge in [0.25, 0.3) is 10.0 Å². The van der Waals surface area contributed by atoms with Gasteiger partial charge in [0.15, 0.2) is 0 Å². The first-order chi connectivity index (χ1) is 14.3. The second-order valence-corrected chi connectivity index (χ2v) is 10.7. The zero-order valence-electron chi connectivity index (χ0n) is 17.0. The summed E-state index contributed by atoms with van der Waals surface area (Å²) in [7, 11) is -2.03. The maximum Gasteiger partial charge on any atom is 0.303 e. The van der Waals surface area contributed by atoms with Crippen molar-refractivity contribution in [3.63, 3.8) is 0 Å². The fourth-order valence-electron chi connectivity index (χ4n) is 3.83. The number of nitrogens with one attached hydrogen (secondary N) is 1. The van der Waals surface area contributed by atoms with Crippen molar-refractivity contribution in [3.8, 4) is 0 Å². The van der Waals surface area contributed by atoms with E-state index in [0.29, 0.717) is 10.6 Å². The third-order valence-electron chi connectivity index (χ3n) is 5.43. The normalized spacial score (nSPS) is 17.1. The Labute approximate surface area is 191 Å². The molecule has 0 amide bonds. The highest BCUT2D eigenvalue weighted by Crippen LogP contribution is 2.40. The molecule has 1 aliphatic heterocycles. The molecule has 1 aliphatic rings. The molecule has 1 atom stereocenters. The average Bonchev–Trinajstić information content (AvgIpc) is 2.78. The molecule has 2 aromatic carbocycles. The van der Waals surface area contributed by atoms with Crippen LogP contribution in [0.4, 0.5) is 5.69 Å². The van der Waals surface area contributed by atoms with Crippen molar-refractivity contribution >= 4 is 44.3 Å². The van der Waals surface area contributed by atoms with Crippen LogP contribution >= 0.6 is 22.6 Å². The third kappa shape index (κ3) is 5.15. The van der Waals surface area contributed by atoms with Gasteiger partial charge in [-0.1, -0.05) is 43.5 Å². The van der Waals surface area contributed by atoms with Crippen molar-refractivity contribution in [2.45, 2.75) is 49.5 Å². The first kappa shape index (κ1) is 23.0. The molecular formula is C22H27IN2O4S. The van der Waals surface area contributed by atoms with Crippen molar-refractivity contribution in [1.29, 1.82) is 0 Å². The molecule has 0 radical (unpaired) electrons. The van der Waals surface area contributed by atoms with Crippen molar-refractivity contribution in [2.75, 3.05) is 17.9 Å². The molecule has 0 spiro atoms. The van der Waals surface area contributed by atoms with Gasteiger partial charge in [0, 0.05) is 17.0 Å². The van der Waals surface area contributed by atoms with Crippen molar-refractivity contribution in [3.05, 3.63) is 57.2 Å². The molecule has 0 aromatic heterocycles. The highest BCUT2D eigenvalue weighted by molar-refractivity contribution is 14.1. The number of fused-ring (bicyclic) bond motifs is 2. The van der Waals surface area contributed by atoms with Gasteiger partial charge in [-0.05, 0) is 71.3 Å². The van der Waals surface area contributed by atoms with E-state index < -0.39 is 16.0 Å². The van der Waals surface area contributed by atoms with E-state index >= 15 is 0 Å². The van der Waals surface area contributed by atoms with Crippen LogP contribution < -0.4 is 9.62 Å². The molecule has 162 valence electrons. The Balaban J connectivity index is 1.77. The number of rotatable bonds is 9. The van der Waals surface area contributed by atoms with Crippen molar-refractivity contribution in [2.24, 2.45) is 0 Å². The number of nitrogens with zero attached hydrogens (tertiary/aromatic N) is 1. The molecular weight excluding hydrogens is 515 g/mol. The monoisotopic (exact) mass is 542 g/mol. The molecule has 2 N–H and O–H groups in total. The van der Waals surface area contributed by atoms with E-state index in [9.17, 15) is 13.2 Å². The lowest BCUT2D eigenvalue weighted by molar-refractivity contribution is -0.137. The van der Waals surface area contributed by atoms with Crippen LogP contribution in [-0.2, 0) is 14.8 Å². The van der Waals surface area contributed by atoms with E-state index in [1.165, 1.54) is 4.31 Å². The summed E-state index contributed by atoms with van der Waals surface area (Å²) in [6.07, 6.45) is 4.83. The Hall–Kier alpha value is -1.65. The molecule has 8 heteroatoms. The number of hydrogen-bond donors (Lipinski definition) is 2. The second-order valence-electron chi connectivity index (χ2n) is 7.51. The van der Waals surface area contributed by atoms with Crippen LogP contribution in [0.3, 0.4) is 0 Å². The number of hydrogen-bond acceptors (Lipinski definition) is 4. The number of benzene rings is 2. The molecule has 0 saturated heterocycles. The number of sulfonamides is 1. The summed E-state index contributed by atoms with van der Waals surface area (Å²) in [6.45, 7) is 0.757. The molecule has 2 aromatic rings. The van der Waals surface area contributed by atoms with Gasteiger partial charge in [0.05, 0.1) is 16.6 Å². The smallest absolute Gasteiger partial charge is 0.303 e. The topological polar surface area (TPSA) is 86.7 Å². The standard InChI is InChI=1S/C22H27IN2O4S/c1-25-19-10-7-6-9-17(19)22(24-14-8-4-2-3-5-11-21(26)27)18-13-12-16(23)15-20(18)30(25,28)29/h6-7,9-10,12-13,15,22,24H,2-5,8,11,14H2,1H3,(H,26,27).